The molecule has 0 saturated carbocycles. The maximum atomic E-state index is 8.74. The SMILES string of the molecule is O.O=S(=O)(O)O.O=S(=O)(O)O.[Ca+2].[H-].[H-]. The predicted octanol–water partition coefficient (Wildman–Crippen LogP) is -2.29. The Hall–Kier alpha value is 0.960. The van der Waals surface area contributed by atoms with E-state index < -0.39 is 20.8 Å². The molecule has 0 aromatic rings. The van der Waals surface area contributed by atoms with Crippen LogP contribution in [0.4, 0.5) is 0 Å². The van der Waals surface area contributed by atoms with Gasteiger partial charge in [0.25, 0.3) is 0 Å². The fourth-order valence-electron chi connectivity index (χ4n) is 0. The van der Waals surface area contributed by atoms with Gasteiger partial charge in [0, 0.05) is 0 Å². The van der Waals surface area contributed by atoms with Crippen molar-refractivity contribution in [2.45, 2.75) is 0 Å². The van der Waals surface area contributed by atoms with Crippen molar-refractivity contribution in [2.75, 3.05) is 0 Å². The van der Waals surface area contributed by atoms with Gasteiger partial charge in [0.15, 0.2) is 0 Å². The van der Waals surface area contributed by atoms with Crippen molar-refractivity contribution in [1.82, 2.24) is 0 Å². The molecule has 0 saturated heterocycles. The fraction of sp³-hybridized carbons (Fsp3) is 0. The van der Waals surface area contributed by atoms with E-state index in [9.17, 15) is 0 Å². The minimum Gasteiger partial charge on any atom is -1.00 e. The molecule has 0 aliphatic heterocycles. The fourth-order valence-corrected chi connectivity index (χ4v) is 0. The normalized spacial score (nSPS) is 9.67. The number of rotatable bonds is 0. The second kappa shape index (κ2) is 8.55. The van der Waals surface area contributed by atoms with Crippen molar-refractivity contribution in [2.24, 2.45) is 0 Å². The Kier molecular flexibility index (Phi) is 16.5. The Labute approximate surface area is 101 Å². The van der Waals surface area contributed by atoms with E-state index in [1.165, 1.54) is 0 Å². The molecule has 0 aliphatic carbocycles. The van der Waals surface area contributed by atoms with Gasteiger partial charge in [-0.3, -0.25) is 18.2 Å². The van der Waals surface area contributed by atoms with E-state index in [0.29, 0.717) is 0 Å². The van der Waals surface area contributed by atoms with Crippen LogP contribution >= 0.6 is 0 Å². The molecule has 0 aromatic carbocycles. The second-order valence-electron chi connectivity index (χ2n) is 0.896. The first-order valence-electron chi connectivity index (χ1n) is 1.40. The van der Waals surface area contributed by atoms with Crippen molar-refractivity contribution in [3.63, 3.8) is 0 Å². The molecule has 0 radical (unpaired) electrons. The Morgan fingerprint density at radius 3 is 0.750 bits per heavy atom. The van der Waals surface area contributed by atoms with Gasteiger partial charge in [-0.2, -0.15) is 16.8 Å². The first kappa shape index (κ1) is 23.1. The van der Waals surface area contributed by atoms with Crippen LogP contribution in [0.25, 0.3) is 0 Å². The molecule has 0 amide bonds. The smallest absolute Gasteiger partial charge is 1.00 e. The van der Waals surface area contributed by atoms with Crippen LogP contribution in [0.1, 0.15) is 2.85 Å². The van der Waals surface area contributed by atoms with E-state index in [2.05, 4.69) is 0 Å². The van der Waals surface area contributed by atoms with Gasteiger partial charge in [0.1, 0.15) is 0 Å². The van der Waals surface area contributed by atoms with Gasteiger partial charge >= 0.3 is 58.5 Å². The Bertz CT molecular complexity index is 217. The first-order chi connectivity index (χ1) is 4.00. The quantitative estimate of drug-likeness (QED) is 0.276. The minimum atomic E-state index is -4.67. The van der Waals surface area contributed by atoms with Crippen LogP contribution < -0.4 is 0 Å². The number of hydrogen-bond donors (Lipinski definition) is 4. The minimum absolute atomic E-state index is 0. The van der Waals surface area contributed by atoms with Crippen molar-refractivity contribution in [1.29, 1.82) is 0 Å². The Balaban J connectivity index is -0.0000000178. The van der Waals surface area contributed by atoms with Crippen LogP contribution in [0.5, 0.6) is 0 Å². The zero-order chi connectivity index (χ0) is 9.00. The molecule has 9 nitrogen and oxygen atoms in total. The molecule has 0 heterocycles. The van der Waals surface area contributed by atoms with Crippen molar-refractivity contribution in [3.8, 4) is 0 Å². The summed E-state index contributed by atoms with van der Waals surface area (Å²) >= 11 is 0. The standard InChI is InChI=1S/Ca.2H2O4S.H2O.2H/c;2*1-5(2,3)4;;;/h;2*(H2,1,2,3,4);1H2;;/q+2;;;;2*-1. The van der Waals surface area contributed by atoms with Crippen molar-refractivity contribution >= 4 is 58.5 Å². The third-order valence-corrected chi connectivity index (χ3v) is 0. The van der Waals surface area contributed by atoms with Gasteiger partial charge in [-0.25, -0.2) is 0 Å². The summed E-state index contributed by atoms with van der Waals surface area (Å²) in [5, 5.41) is 0. The Morgan fingerprint density at radius 1 is 0.750 bits per heavy atom. The second-order valence-corrected chi connectivity index (χ2v) is 2.69. The Morgan fingerprint density at radius 2 is 0.750 bits per heavy atom. The molecule has 76 valence electrons. The molecule has 0 unspecified atom stereocenters. The van der Waals surface area contributed by atoms with Crippen LogP contribution in [-0.2, 0) is 20.8 Å². The summed E-state index contributed by atoms with van der Waals surface area (Å²) < 4.78 is 63.2. The monoisotopic (exact) mass is 256 g/mol. The van der Waals surface area contributed by atoms with Crippen LogP contribution in [-0.4, -0.2) is 78.3 Å². The molecule has 0 aliphatic rings. The summed E-state index contributed by atoms with van der Waals surface area (Å²) in [5.41, 5.74) is 0. The van der Waals surface area contributed by atoms with E-state index in [4.69, 9.17) is 35.0 Å². The maximum Gasteiger partial charge on any atom is 2.00 e. The molecule has 12 heteroatoms. The predicted molar refractivity (Wildman–Crippen MR) is 39.9 cm³/mol. The summed E-state index contributed by atoms with van der Waals surface area (Å²) in [4.78, 5) is 0. The van der Waals surface area contributed by atoms with Crippen LogP contribution in [0.3, 0.4) is 0 Å². The first-order valence-corrected chi connectivity index (χ1v) is 4.19. The van der Waals surface area contributed by atoms with Gasteiger partial charge in [0.2, 0.25) is 0 Å². The zero-order valence-electron chi connectivity index (χ0n) is 7.45. The summed E-state index contributed by atoms with van der Waals surface area (Å²) in [7, 11) is -9.33. The van der Waals surface area contributed by atoms with Gasteiger partial charge in [-0.05, 0) is 0 Å². The molecule has 0 spiro atoms. The van der Waals surface area contributed by atoms with E-state index in [-0.39, 0.29) is 46.1 Å². The molecule has 0 fully saturated rings. The largest absolute Gasteiger partial charge is 2.00 e. The molecule has 0 atom stereocenters. The van der Waals surface area contributed by atoms with Crippen LogP contribution in [0, 0.1) is 0 Å². The number of hydrogen-bond acceptors (Lipinski definition) is 4. The summed E-state index contributed by atoms with van der Waals surface area (Å²) in [6.45, 7) is 0. The van der Waals surface area contributed by atoms with Crippen LogP contribution in [0.15, 0.2) is 0 Å². The average molecular weight is 256 g/mol. The van der Waals surface area contributed by atoms with Crippen molar-refractivity contribution < 1.29 is 43.4 Å². The summed E-state index contributed by atoms with van der Waals surface area (Å²) in [6.07, 6.45) is 0. The molecule has 0 bridgehead atoms. The van der Waals surface area contributed by atoms with Gasteiger partial charge < -0.3 is 8.33 Å². The third kappa shape index (κ3) is 1180. The topological polar surface area (TPSA) is 181 Å². The third-order valence-electron chi connectivity index (χ3n) is 0. The van der Waals surface area contributed by atoms with E-state index in [0.717, 1.165) is 0 Å². The molecular weight excluding hydrogens is 248 g/mol. The van der Waals surface area contributed by atoms with E-state index >= 15 is 0 Å². The molecule has 0 rings (SSSR count). The van der Waals surface area contributed by atoms with Gasteiger partial charge in [0.05, 0.1) is 0 Å². The molecule has 0 aromatic heterocycles. The van der Waals surface area contributed by atoms with Crippen LogP contribution in [0.2, 0.25) is 0 Å². The summed E-state index contributed by atoms with van der Waals surface area (Å²) in [6, 6.07) is 0. The van der Waals surface area contributed by atoms with E-state index in [1.54, 1.807) is 0 Å². The van der Waals surface area contributed by atoms with Crippen molar-refractivity contribution in [3.05, 3.63) is 0 Å². The van der Waals surface area contributed by atoms with Gasteiger partial charge in [-0.1, -0.05) is 0 Å². The average Bonchev–Trinajstić information content (AvgIpc) is 1.12. The molecule has 6 N–H and O–H groups in total. The zero-order valence-corrected chi connectivity index (χ0v) is 9.29. The molecular formula is H8CaO9S2. The molecule has 12 heavy (non-hydrogen) atoms. The van der Waals surface area contributed by atoms with Gasteiger partial charge in [-0.15, -0.1) is 0 Å². The summed E-state index contributed by atoms with van der Waals surface area (Å²) in [5.74, 6) is 0. The van der Waals surface area contributed by atoms with E-state index in [1.807, 2.05) is 0 Å². The maximum absolute atomic E-state index is 8.74.